The third-order valence-corrected chi connectivity index (χ3v) is 2.96. The molecule has 0 amide bonds. The summed E-state index contributed by atoms with van der Waals surface area (Å²) in [4.78, 5) is 24.3. The molecule has 0 aliphatic heterocycles. The van der Waals surface area contributed by atoms with Crippen LogP contribution in [0.3, 0.4) is 0 Å². The zero-order valence-electron chi connectivity index (χ0n) is 13.3. The summed E-state index contributed by atoms with van der Waals surface area (Å²) >= 11 is 0. The fraction of sp³-hybridized carbons (Fsp3) is 0.529. The van der Waals surface area contributed by atoms with Gasteiger partial charge < -0.3 is 9.47 Å². The van der Waals surface area contributed by atoms with Crippen molar-refractivity contribution >= 4 is 11.9 Å². The van der Waals surface area contributed by atoms with E-state index in [4.69, 9.17) is 9.47 Å². The second kappa shape index (κ2) is 7.81. The molecule has 0 spiro atoms. The normalized spacial score (nSPS) is 16.6. The van der Waals surface area contributed by atoms with E-state index in [1.807, 2.05) is 39.8 Å². The van der Waals surface area contributed by atoms with Gasteiger partial charge in [-0.3, -0.25) is 0 Å². The van der Waals surface area contributed by atoms with Gasteiger partial charge in [0.1, 0.15) is 0 Å². The van der Waals surface area contributed by atoms with Crippen molar-refractivity contribution < 1.29 is 19.1 Å². The largest absolute Gasteiger partial charge is 0.462 e. The van der Waals surface area contributed by atoms with Crippen LogP contribution < -0.4 is 0 Å². The average molecular weight is 292 g/mol. The number of allylic oxidation sites excluding steroid dienone is 2. The molecule has 0 fully saturated rings. The summed E-state index contributed by atoms with van der Waals surface area (Å²) in [7, 11) is 0. The molecule has 0 saturated carbocycles. The molecule has 1 aliphatic carbocycles. The summed E-state index contributed by atoms with van der Waals surface area (Å²) in [5.41, 5.74) is 0.279. The van der Waals surface area contributed by atoms with E-state index in [1.165, 1.54) is 0 Å². The summed E-state index contributed by atoms with van der Waals surface area (Å²) in [5.74, 6) is -0.974. The Kier molecular flexibility index (Phi) is 6.40. The molecule has 0 aromatic heterocycles. The van der Waals surface area contributed by atoms with E-state index in [0.717, 1.165) is 12.8 Å². The second-order valence-electron chi connectivity index (χ2n) is 5.59. The lowest BCUT2D eigenvalue weighted by Crippen LogP contribution is -2.15. The molecule has 0 aromatic carbocycles. The van der Waals surface area contributed by atoms with E-state index in [9.17, 15) is 9.59 Å². The first-order valence-electron chi connectivity index (χ1n) is 7.38. The highest BCUT2D eigenvalue weighted by Gasteiger charge is 2.23. The first-order valence-corrected chi connectivity index (χ1v) is 7.38. The van der Waals surface area contributed by atoms with Crippen LogP contribution in [0.5, 0.6) is 0 Å². The summed E-state index contributed by atoms with van der Waals surface area (Å²) in [6.45, 7) is 8.50. The molecule has 0 bridgehead atoms. The summed E-state index contributed by atoms with van der Waals surface area (Å²) in [6, 6.07) is 0. The van der Waals surface area contributed by atoms with Crippen LogP contribution in [0.1, 0.15) is 40.5 Å². The van der Waals surface area contributed by atoms with Gasteiger partial charge in [-0.1, -0.05) is 39.8 Å². The maximum Gasteiger partial charge on any atom is 0.338 e. The number of hydrogen-bond acceptors (Lipinski definition) is 4. The Balaban J connectivity index is 3.10. The smallest absolute Gasteiger partial charge is 0.338 e. The lowest BCUT2D eigenvalue weighted by Gasteiger charge is -2.12. The maximum atomic E-state index is 12.1. The van der Waals surface area contributed by atoms with Crippen LogP contribution in [-0.2, 0) is 19.1 Å². The molecule has 0 saturated heterocycles. The van der Waals surface area contributed by atoms with Gasteiger partial charge in [-0.25, -0.2) is 9.59 Å². The third-order valence-electron chi connectivity index (χ3n) is 2.96. The van der Waals surface area contributed by atoms with Crippen LogP contribution in [0, 0.1) is 5.41 Å². The highest BCUT2D eigenvalue weighted by Crippen LogP contribution is 2.26. The minimum atomic E-state index is -0.487. The van der Waals surface area contributed by atoms with Crippen molar-refractivity contribution in [2.24, 2.45) is 5.41 Å². The Hall–Kier alpha value is -1.84. The van der Waals surface area contributed by atoms with Gasteiger partial charge in [-0.15, -0.1) is 0 Å². The Morgan fingerprint density at radius 1 is 0.905 bits per heavy atom. The highest BCUT2D eigenvalue weighted by molar-refractivity contribution is 6.04. The summed E-state index contributed by atoms with van der Waals surface area (Å²) < 4.78 is 10.3. The van der Waals surface area contributed by atoms with Crippen LogP contribution >= 0.6 is 0 Å². The Labute approximate surface area is 126 Å². The predicted octanol–water partition coefficient (Wildman–Crippen LogP) is 3.34. The van der Waals surface area contributed by atoms with Crippen molar-refractivity contribution in [3.05, 3.63) is 35.5 Å². The van der Waals surface area contributed by atoms with Gasteiger partial charge in [-0.2, -0.15) is 0 Å². The Morgan fingerprint density at radius 2 is 1.29 bits per heavy atom. The van der Waals surface area contributed by atoms with Crippen molar-refractivity contribution in [3.8, 4) is 0 Å². The van der Waals surface area contributed by atoms with Gasteiger partial charge in [0.15, 0.2) is 0 Å². The van der Waals surface area contributed by atoms with Crippen molar-refractivity contribution in [2.45, 2.75) is 40.5 Å². The molecule has 4 heteroatoms. The van der Waals surface area contributed by atoms with Gasteiger partial charge in [0.05, 0.1) is 24.4 Å². The molecule has 1 aliphatic rings. The first-order chi connectivity index (χ1) is 9.91. The fourth-order valence-electron chi connectivity index (χ4n) is 1.73. The Bertz CT molecular complexity index is 439. The molecule has 0 radical (unpaired) electrons. The van der Waals surface area contributed by atoms with E-state index < -0.39 is 11.9 Å². The summed E-state index contributed by atoms with van der Waals surface area (Å²) in [5, 5.41) is 0. The number of rotatable bonds is 6. The SMILES string of the molecule is CCCOC(=O)C1=C(C(=O)OCCC)C=CC(C)(C)C=C1. The number of carbonyl (C=O) groups excluding carboxylic acids is 2. The van der Waals surface area contributed by atoms with Crippen molar-refractivity contribution in [2.75, 3.05) is 13.2 Å². The molecule has 116 valence electrons. The van der Waals surface area contributed by atoms with Crippen LogP contribution in [0.15, 0.2) is 35.5 Å². The second-order valence-corrected chi connectivity index (χ2v) is 5.59. The molecule has 0 unspecified atom stereocenters. The maximum absolute atomic E-state index is 12.1. The fourth-order valence-corrected chi connectivity index (χ4v) is 1.73. The topological polar surface area (TPSA) is 52.6 Å². The minimum absolute atomic E-state index is 0.233. The van der Waals surface area contributed by atoms with Crippen molar-refractivity contribution in [3.63, 3.8) is 0 Å². The Morgan fingerprint density at radius 3 is 1.62 bits per heavy atom. The van der Waals surface area contributed by atoms with Crippen LogP contribution in [0.25, 0.3) is 0 Å². The first kappa shape index (κ1) is 17.2. The van der Waals surface area contributed by atoms with Gasteiger partial charge >= 0.3 is 11.9 Å². The number of hydrogen-bond donors (Lipinski definition) is 0. The number of ether oxygens (including phenoxy) is 2. The monoisotopic (exact) mass is 292 g/mol. The lowest BCUT2D eigenvalue weighted by atomic mass is 9.93. The quantitative estimate of drug-likeness (QED) is 0.705. The van der Waals surface area contributed by atoms with E-state index >= 15 is 0 Å². The van der Waals surface area contributed by atoms with Gasteiger partial charge in [0, 0.05) is 5.41 Å². The molecule has 0 N–H and O–H groups in total. The summed E-state index contributed by atoms with van der Waals surface area (Å²) in [6.07, 6.45) is 8.54. The highest BCUT2D eigenvalue weighted by atomic mass is 16.5. The number of carbonyl (C=O) groups is 2. The lowest BCUT2D eigenvalue weighted by molar-refractivity contribution is -0.141. The molecule has 1 rings (SSSR count). The van der Waals surface area contributed by atoms with Gasteiger partial charge in [0.2, 0.25) is 0 Å². The van der Waals surface area contributed by atoms with Crippen molar-refractivity contribution in [1.29, 1.82) is 0 Å². The van der Waals surface area contributed by atoms with Crippen LogP contribution in [0.2, 0.25) is 0 Å². The molecule has 21 heavy (non-hydrogen) atoms. The predicted molar refractivity (Wildman–Crippen MR) is 81.6 cm³/mol. The zero-order valence-corrected chi connectivity index (χ0v) is 13.3. The molecule has 0 aromatic rings. The molecular formula is C17H24O4. The zero-order chi connectivity index (χ0) is 15.9. The molecule has 4 nitrogen and oxygen atoms in total. The molecular weight excluding hydrogens is 268 g/mol. The van der Waals surface area contributed by atoms with Crippen LogP contribution in [-0.4, -0.2) is 25.2 Å². The molecule has 0 heterocycles. The van der Waals surface area contributed by atoms with E-state index in [1.54, 1.807) is 12.2 Å². The van der Waals surface area contributed by atoms with Crippen molar-refractivity contribution in [1.82, 2.24) is 0 Å². The van der Waals surface area contributed by atoms with Gasteiger partial charge in [0.25, 0.3) is 0 Å². The standard InChI is InChI=1S/C17H24O4/c1-5-11-20-15(18)13-7-9-17(3,4)10-8-14(13)16(19)21-12-6-2/h7-10H,5-6,11-12H2,1-4H3. The van der Waals surface area contributed by atoms with E-state index in [0.29, 0.717) is 13.2 Å². The van der Waals surface area contributed by atoms with E-state index in [-0.39, 0.29) is 16.6 Å². The van der Waals surface area contributed by atoms with Crippen LogP contribution in [0.4, 0.5) is 0 Å². The minimum Gasteiger partial charge on any atom is -0.462 e. The number of esters is 2. The van der Waals surface area contributed by atoms with E-state index in [2.05, 4.69) is 0 Å². The average Bonchev–Trinajstić information content (AvgIpc) is 2.60. The third kappa shape index (κ3) is 5.21. The molecule has 0 atom stereocenters. The van der Waals surface area contributed by atoms with Gasteiger partial charge in [-0.05, 0) is 25.0 Å².